The molecule has 3 rings (SSSR count). The Hall–Kier alpha value is -1.31. The van der Waals surface area contributed by atoms with Crippen molar-refractivity contribution in [3.8, 4) is 11.4 Å². The third-order valence-electron chi connectivity index (χ3n) is 2.81. The molecule has 0 amide bonds. The summed E-state index contributed by atoms with van der Waals surface area (Å²) in [6.45, 7) is 0.556. The highest BCUT2D eigenvalue weighted by molar-refractivity contribution is 9.10. The van der Waals surface area contributed by atoms with Gasteiger partial charge in [-0.3, -0.25) is 4.98 Å². The molecule has 0 spiro atoms. The molecule has 0 saturated carbocycles. The number of nitrogens with one attached hydrogen (secondary N) is 1. The fourth-order valence-corrected chi connectivity index (χ4v) is 2.30. The number of β-amino-alcohol motifs (C(OH)–C–C–N with tert-alkyl or cyclic N) is 1. The van der Waals surface area contributed by atoms with E-state index in [4.69, 9.17) is 4.52 Å². The molecule has 0 bridgehead atoms. The van der Waals surface area contributed by atoms with Crippen LogP contribution in [0.2, 0.25) is 0 Å². The van der Waals surface area contributed by atoms with Gasteiger partial charge < -0.3 is 14.9 Å². The Labute approximate surface area is 112 Å². The summed E-state index contributed by atoms with van der Waals surface area (Å²) in [4.78, 5) is 8.38. The lowest BCUT2D eigenvalue weighted by atomic mass is 10.2. The molecule has 1 fully saturated rings. The van der Waals surface area contributed by atoms with Crippen LogP contribution in [0.1, 0.15) is 18.4 Å². The van der Waals surface area contributed by atoms with Crippen LogP contribution in [0.3, 0.4) is 0 Å². The number of hydrogen-bond donors (Lipinski definition) is 2. The quantitative estimate of drug-likeness (QED) is 0.869. The van der Waals surface area contributed by atoms with E-state index in [1.165, 1.54) is 0 Å². The number of aliphatic hydroxyl groups is 1. The number of nitrogens with zero attached hydrogens (tertiary/aromatic N) is 3. The lowest BCUT2D eigenvalue weighted by Gasteiger charge is -2.01. The van der Waals surface area contributed by atoms with Crippen LogP contribution in [0.5, 0.6) is 0 Å². The van der Waals surface area contributed by atoms with Crippen LogP contribution in [0.25, 0.3) is 11.4 Å². The van der Waals surface area contributed by atoms with Crippen molar-refractivity contribution in [2.75, 3.05) is 6.54 Å². The van der Waals surface area contributed by atoms with Gasteiger partial charge in [-0.15, -0.1) is 0 Å². The predicted octanol–water partition coefficient (Wildman–Crippen LogP) is 1.29. The number of pyridine rings is 1. The average molecular weight is 311 g/mol. The Kier molecular flexibility index (Phi) is 3.11. The van der Waals surface area contributed by atoms with Crippen LogP contribution < -0.4 is 5.32 Å². The van der Waals surface area contributed by atoms with Gasteiger partial charge in [-0.1, -0.05) is 5.16 Å². The summed E-state index contributed by atoms with van der Waals surface area (Å²) in [5.41, 5.74) is 0.790. The van der Waals surface area contributed by atoms with Crippen LogP contribution in [-0.2, 0) is 0 Å². The molecule has 2 aromatic heterocycles. The average Bonchev–Trinajstić information content (AvgIpc) is 2.97. The highest BCUT2D eigenvalue weighted by atomic mass is 79.9. The Balaban J connectivity index is 1.85. The largest absolute Gasteiger partial charge is 0.392 e. The van der Waals surface area contributed by atoms with Crippen molar-refractivity contribution >= 4 is 15.9 Å². The van der Waals surface area contributed by atoms with Crippen LogP contribution in [0, 0.1) is 0 Å². The zero-order chi connectivity index (χ0) is 12.5. The maximum absolute atomic E-state index is 9.45. The molecule has 1 aliphatic rings. The molecule has 18 heavy (non-hydrogen) atoms. The maximum Gasteiger partial charge on any atom is 0.244 e. The molecule has 7 heteroatoms. The Morgan fingerprint density at radius 2 is 2.33 bits per heavy atom. The van der Waals surface area contributed by atoms with Gasteiger partial charge in [0, 0.05) is 29.0 Å². The second-order valence-corrected chi connectivity index (χ2v) is 5.11. The van der Waals surface area contributed by atoms with Crippen molar-refractivity contribution in [3.63, 3.8) is 0 Å². The lowest BCUT2D eigenvalue weighted by Crippen LogP contribution is -2.15. The molecule has 2 atom stereocenters. The second kappa shape index (κ2) is 4.75. The Morgan fingerprint density at radius 1 is 1.44 bits per heavy atom. The predicted molar refractivity (Wildman–Crippen MR) is 66.6 cm³/mol. The van der Waals surface area contributed by atoms with Gasteiger partial charge in [0.15, 0.2) is 0 Å². The summed E-state index contributed by atoms with van der Waals surface area (Å²) < 4.78 is 6.08. The zero-order valence-electron chi connectivity index (χ0n) is 9.38. The van der Waals surface area contributed by atoms with E-state index in [0.717, 1.165) is 10.0 Å². The van der Waals surface area contributed by atoms with Gasteiger partial charge in [0.2, 0.25) is 11.7 Å². The number of aliphatic hydroxyl groups excluding tert-OH is 1. The first-order valence-electron chi connectivity index (χ1n) is 5.58. The lowest BCUT2D eigenvalue weighted by molar-refractivity contribution is 0.191. The van der Waals surface area contributed by atoms with Crippen LogP contribution in [0.4, 0.5) is 0 Å². The summed E-state index contributed by atoms with van der Waals surface area (Å²) in [7, 11) is 0. The molecule has 0 aromatic carbocycles. The van der Waals surface area contributed by atoms with Gasteiger partial charge in [0.05, 0.1) is 12.1 Å². The standard InChI is InChI=1S/C11H11BrN4O2/c12-7-1-6(3-13-4-7)10-15-11(18-16-10)9-2-8(17)5-14-9/h1,3-4,8-9,14,17H,2,5H2/t8-,9-/m1/s1. The van der Waals surface area contributed by atoms with Crippen LogP contribution >= 0.6 is 15.9 Å². The minimum atomic E-state index is -0.349. The molecule has 3 heterocycles. The van der Waals surface area contributed by atoms with Gasteiger partial charge in [-0.05, 0) is 28.4 Å². The first kappa shape index (κ1) is 11.8. The topological polar surface area (TPSA) is 84.1 Å². The molecular formula is C11H11BrN4O2. The Bertz CT molecular complexity index is 559. The van der Waals surface area contributed by atoms with E-state index in [1.54, 1.807) is 12.4 Å². The smallest absolute Gasteiger partial charge is 0.244 e. The van der Waals surface area contributed by atoms with Gasteiger partial charge in [0.1, 0.15) is 0 Å². The van der Waals surface area contributed by atoms with Gasteiger partial charge in [0.25, 0.3) is 0 Å². The van der Waals surface area contributed by atoms with E-state index < -0.39 is 0 Å². The molecular weight excluding hydrogens is 300 g/mol. The number of aromatic nitrogens is 3. The van der Waals surface area contributed by atoms with Crippen molar-refractivity contribution in [2.24, 2.45) is 0 Å². The molecule has 2 aromatic rings. The normalized spacial score (nSPS) is 23.4. The van der Waals surface area contributed by atoms with Crippen molar-refractivity contribution in [1.82, 2.24) is 20.4 Å². The van der Waals surface area contributed by atoms with E-state index in [1.807, 2.05) is 6.07 Å². The number of hydrogen-bond acceptors (Lipinski definition) is 6. The molecule has 6 nitrogen and oxygen atoms in total. The molecule has 0 unspecified atom stereocenters. The van der Waals surface area contributed by atoms with E-state index >= 15 is 0 Å². The highest BCUT2D eigenvalue weighted by Gasteiger charge is 2.28. The number of halogens is 1. The first-order chi connectivity index (χ1) is 8.72. The summed E-state index contributed by atoms with van der Waals surface area (Å²) in [5, 5.41) is 16.5. The molecule has 94 valence electrons. The maximum atomic E-state index is 9.45. The van der Waals surface area contributed by atoms with Crippen molar-refractivity contribution < 1.29 is 9.63 Å². The van der Waals surface area contributed by atoms with Crippen LogP contribution in [0.15, 0.2) is 27.5 Å². The van der Waals surface area contributed by atoms with E-state index in [2.05, 4.69) is 36.4 Å². The summed E-state index contributed by atoms with van der Waals surface area (Å²) in [5.74, 6) is 1.00. The van der Waals surface area contributed by atoms with Crippen LogP contribution in [-0.4, -0.2) is 32.9 Å². The van der Waals surface area contributed by atoms with E-state index in [0.29, 0.717) is 24.7 Å². The fourth-order valence-electron chi connectivity index (χ4n) is 1.93. The summed E-state index contributed by atoms with van der Waals surface area (Å²) >= 11 is 3.35. The molecule has 1 aliphatic heterocycles. The Morgan fingerprint density at radius 3 is 3.06 bits per heavy atom. The minimum Gasteiger partial charge on any atom is -0.392 e. The van der Waals surface area contributed by atoms with Crippen molar-refractivity contribution in [2.45, 2.75) is 18.6 Å². The molecule has 2 N–H and O–H groups in total. The third-order valence-corrected chi connectivity index (χ3v) is 3.24. The van der Waals surface area contributed by atoms with Gasteiger partial charge in [-0.25, -0.2) is 0 Å². The monoisotopic (exact) mass is 310 g/mol. The van der Waals surface area contributed by atoms with Crippen molar-refractivity contribution in [1.29, 1.82) is 0 Å². The fraction of sp³-hybridized carbons (Fsp3) is 0.364. The third kappa shape index (κ3) is 2.29. The van der Waals surface area contributed by atoms with Gasteiger partial charge in [-0.2, -0.15) is 4.98 Å². The zero-order valence-corrected chi connectivity index (χ0v) is 11.0. The summed E-state index contributed by atoms with van der Waals surface area (Å²) in [6, 6.07) is 1.81. The molecule has 0 radical (unpaired) electrons. The summed E-state index contributed by atoms with van der Waals surface area (Å²) in [6.07, 6.45) is 3.62. The van der Waals surface area contributed by atoms with E-state index in [9.17, 15) is 5.11 Å². The second-order valence-electron chi connectivity index (χ2n) is 4.20. The molecule has 1 saturated heterocycles. The molecule has 0 aliphatic carbocycles. The number of rotatable bonds is 2. The van der Waals surface area contributed by atoms with Gasteiger partial charge >= 0.3 is 0 Å². The van der Waals surface area contributed by atoms with Crippen molar-refractivity contribution in [3.05, 3.63) is 28.8 Å². The van der Waals surface area contributed by atoms with E-state index in [-0.39, 0.29) is 12.1 Å². The minimum absolute atomic E-state index is 0.0682. The first-order valence-corrected chi connectivity index (χ1v) is 6.37. The SMILES string of the molecule is O[C@H]1CN[C@@H](c2nc(-c3cncc(Br)c3)no2)C1. The highest BCUT2D eigenvalue weighted by Crippen LogP contribution is 2.25.